The SMILES string of the molecule is COc1ccc(N)cc1N.O. The molecule has 0 fully saturated rings. The first-order chi connectivity index (χ1) is 4.74. The molecule has 0 unspecified atom stereocenters. The molecule has 6 N–H and O–H groups in total. The molecule has 0 bridgehead atoms. The van der Waals surface area contributed by atoms with Crippen molar-refractivity contribution in [3.8, 4) is 5.75 Å². The van der Waals surface area contributed by atoms with Gasteiger partial charge in [0.05, 0.1) is 12.8 Å². The predicted molar refractivity (Wildman–Crippen MR) is 45.4 cm³/mol. The van der Waals surface area contributed by atoms with Crippen LogP contribution in [0.15, 0.2) is 18.2 Å². The van der Waals surface area contributed by atoms with Crippen LogP contribution in [-0.2, 0) is 0 Å². The van der Waals surface area contributed by atoms with E-state index in [9.17, 15) is 0 Å². The van der Waals surface area contributed by atoms with Gasteiger partial charge in [0.1, 0.15) is 5.75 Å². The second-order valence-corrected chi connectivity index (χ2v) is 2.00. The Morgan fingerprint density at radius 1 is 1.27 bits per heavy atom. The quantitative estimate of drug-likeness (QED) is 0.562. The van der Waals surface area contributed by atoms with Crippen molar-refractivity contribution in [3.05, 3.63) is 18.2 Å². The Balaban J connectivity index is 0.000001000. The van der Waals surface area contributed by atoms with Crippen LogP contribution < -0.4 is 16.2 Å². The normalized spacial score (nSPS) is 8.45. The molecule has 4 nitrogen and oxygen atoms in total. The second-order valence-electron chi connectivity index (χ2n) is 2.00. The summed E-state index contributed by atoms with van der Waals surface area (Å²) in [5, 5.41) is 0. The summed E-state index contributed by atoms with van der Waals surface area (Å²) < 4.78 is 4.92. The smallest absolute Gasteiger partial charge is 0.141 e. The van der Waals surface area contributed by atoms with E-state index in [1.807, 2.05) is 0 Å². The highest BCUT2D eigenvalue weighted by atomic mass is 16.5. The van der Waals surface area contributed by atoms with Gasteiger partial charge in [-0.15, -0.1) is 0 Å². The largest absolute Gasteiger partial charge is 0.495 e. The average Bonchev–Trinajstić information content (AvgIpc) is 1.88. The molecule has 0 saturated heterocycles. The molecule has 1 aromatic rings. The molecule has 4 heteroatoms. The highest BCUT2D eigenvalue weighted by Gasteiger charge is 1.96. The molecule has 11 heavy (non-hydrogen) atoms. The van der Waals surface area contributed by atoms with E-state index in [1.54, 1.807) is 25.3 Å². The summed E-state index contributed by atoms with van der Waals surface area (Å²) in [7, 11) is 1.57. The molecule has 0 amide bonds. The molecule has 0 atom stereocenters. The number of methoxy groups -OCH3 is 1. The summed E-state index contributed by atoms with van der Waals surface area (Å²) in [6.45, 7) is 0. The van der Waals surface area contributed by atoms with Crippen molar-refractivity contribution in [1.82, 2.24) is 0 Å². The lowest BCUT2D eigenvalue weighted by Crippen LogP contribution is -1.93. The summed E-state index contributed by atoms with van der Waals surface area (Å²) in [6, 6.07) is 5.15. The Labute approximate surface area is 65.1 Å². The third kappa shape index (κ3) is 2.01. The van der Waals surface area contributed by atoms with Gasteiger partial charge in [0, 0.05) is 5.69 Å². The summed E-state index contributed by atoms with van der Waals surface area (Å²) in [5.74, 6) is 0.661. The minimum Gasteiger partial charge on any atom is -0.495 e. The molecule has 0 aliphatic rings. The Morgan fingerprint density at radius 2 is 1.91 bits per heavy atom. The molecule has 0 aliphatic heterocycles. The van der Waals surface area contributed by atoms with E-state index in [2.05, 4.69) is 0 Å². The second kappa shape index (κ2) is 3.68. The fraction of sp³-hybridized carbons (Fsp3) is 0.143. The number of benzene rings is 1. The van der Waals surface area contributed by atoms with Gasteiger partial charge in [0.15, 0.2) is 0 Å². The Hall–Kier alpha value is -1.42. The lowest BCUT2D eigenvalue weighted by molar-refractivity contribution is 0.417. The van der Waals surface area contributed by atoms with E-state index >= 15 is 0 Å². The Bertz CT molecular complexity index is 238. The molecule has 0 aromatic heterocycles. The minimum absolute atomic E-state index is 0. The molecule has 0 aliphatic carbocycles. The topological polar surface area (TPSA) is 92.8 Å². The summed E-state index contributed by atoms with van der Waals surface area (Å²) in [5.41, 5.74) is 12.2. The Kier molecular flexibility index (Phi) is 3.20. The minimum atomic E-state index is 0. The molecular formula is C7H12N2O2. The van der Waals surface area contributed by atoms with Crippen molar-refractivity contribution in [2.75, 3.05) is 18.6 Å². The first kappa shape index (κ1) is 9.58. The van der Waals surface area contributed by atoms with Crippen LogP contribution in [0.1, 0.15) is 0 Å². The van der Waals surface area contributed by atoms with Crippen molar-refractivity contribution in [2.24, 2.45) is 0 Å². The number of anilines is 2. The third-order valence-electron chi connectivity index (χ3n) is 1.25. The molecule has 62 valence electrons. The first-order valence-electron chi connectivity index (χ1n) is 2.93. The molecule has 0 spiro atoms. The molecule has 1 rings (SSSR count). The lowest BCUT2D eigenvalue weighted by Gasteiger charge is -2.03. The van der Waals surface area contributed by atoms with Gasteiger partial charge in [-0.2, -0.15) is 0 Å². The fourth-order valence-electron chi connectivity index (χ4n) is 0.753. The first-order valence-corrected chi connectivity index (χ1v) is 2.93. The van der Waals surface area contributed by atoms with Gasteiger partial charge in [0.25, 0.3) is 0 Å². The van der Waals surface area contributed by atoms with E-state index in [0.717, 1.165) is 0 Å². The van der Waals surface area contributed by atoms with Gasteiger partial charge in [-0.05, 0) is 18.2 Å². The number of ether oxygens (including phenoxy) is 1. The van der Waals surface area contributed by atoms with Crippen molar-refractivity contribution >= 4 is 11.4 Å². The fourth-order valence-corrected chi connectivity index (χ4v) is 0.753. The summed E-state index contributed by atoms with van der Waals surface area (Å²) in [4.78, 5) is 0. The van der Waals surface area contributed by atoms with Gasteiger partial charge in [-0.3, -0.25) is 0 Å². The van der Waals surface area contributed by atoms with E-state index in [0.29, 0.717) is 17.1 Å². The highest BCUT2D eigenvalue weighted by Crippen LogP contribution is 2.22. The Morgan fingerprint density at radius 3 is 2.36 bits per heavy atom. The number of hydrogen-bond acceptors (Lipinski definition) is 3. The number of nitrogen functional groups attached to an aromatic ring is 2. The lowest BCUT2D eigenvalue weighted by atomic mass is 10.2. The van der Waals surface area contributed by atoms with Gasteiger partial charge in [0.2, 0.25) is 0 Å². The van der Waals surface area contributed by atoms with Crippen LogP contribution in [-0.4, -0.2) is 12.6 Å². The zero-order valence-corrected chi connectivity index (χ0v) is 6.29. The monoisotopic (exact) mass is 156 g/mol. The van der Waals surface area contributed by atoms with E-state index in [1.165, 1.54) is 0 Å². The van der Waals surface area contributed by atoms with Gasteiger partial charge >= 0.3 is 0 Å². The molecule has 1 aromatic carbocycles. The zero-order chi connectivity index (χ0) is 7.56. The van der Waals surface area contributed by atoms with E-state index < -0.39 is 0 Å². The zero-order valence-electron chi connectivity index (χ0n) is 6.29. The predicted octanol–water partition coefficient (Wildman–Crippen LogP) is 0.0349. The van der Waals surface area contributed by atoms with Gasteiger partial charge in [-0.1, -0.05) is 0 Å². The van der Waals surface area contributed by atoms with E-state index in [4.69, 9.17) is 16.2 Å². The van der Waals surface area contributed by atoms with Crippen molar-refractivity contribution in [1.29, 1.82) is 0 Å². The van der Waals surface area contributed by atoms with Crippen LogP contribution in [0.5, 0.6) is 5.75 Å². The van der Waals surface area contributed by atoms with Crippen LogP contribution >= 0.6 is 0 Å². The standard InChI is InChI=1S/C7H10N2O.H2O/c1-10-7-3-2-5(8)4-6(7)9;/h2-4H,8-9H2,1H3;1H2. The van der Waals surface area contributed by atoms with Gasteiger partial charge < -0.3 is 21.7 Å². The number of rotatable bonds is 1. The molecule has 0 radical (unpaired) electrons. The maximum Gasteiger partial charge on any atom is 0.141 e. The molecular weight excluding hydrogens is 144 g/mol. The van der Waals surface area contributed by atoms with Crippen molar-refractivity contribution < 1.29 is 10.2 Å². The summed E-state index contributed by atoms with van der Waals surface area (Å²) in [6.07, 6.45) is 0. The highest BCUT2D eigenvalue weighted by molar-refractivity contribution is 5.60. The van der Waals surface area contributed by atoms with Crippen molar-refractivity contribution in [3.63, 3.8) is 0 Å². The maximum absolute atomic E-state index is 5.53. The maximum atomic E-state index is 5.53. The number of nitrogens with two attached hydrogens (primary N) is 2. The van der Waals surface area contributed by atoms with Crippen LogP contribution in [0.4, 0.5) is 11.4 Å². The van der Waals surface area contributed by atoms with Crippen LogP contribution in [0.3, 0.4) is 0 Å². The van der Waals surface area contributed by atoms with E-state index in [-0.39, 0.29) is 5.48 Å². The number of hydrogen-bond donors (Lipinski definition) is 2. The van der Waals surface area contributed by atoms with Gasteiger partial charge in [-0.25, -0.2) is 0 Å². The van der Waals surface area contributed by atoms with Crippen LogP contribution in [0.2, 0.25) is 0 Å². The van der Waals surface area contributed by atoms with Crippen LogP contribution in [0, 0.1) is 0 Å². The van der Waals surface area contributed by atoms with Crippen LogP contribution in [0.25, 0.3) is 0 Å². The molecule has 0 saturated carbocycles. The average molecular weight is 156 g/mol. The third-order valence-corrected chi connectivity index (χ3v) is 1.25. The summed E-state index contributed by atoms with van der Waals surface area (Å²) >= 11 is 0. The molecule has 0 heterocycles. The van der Waals surface area contributed by atoms with Crippen molar-refractivity contribution in [2.45, 2.75) is 0 Å².